The molecule has 0 atom stereocenters. The molecule has 64 valence electrons. The summed E-state index contributed by atoms with van der Waals surface area (Å²) >= 11 is 0. The van der Waals surface area contributed by atoms with E-state index >= 15 is 0 Å². The van der Waals surface area contributed by atoms with E-state index in [1.807, 2.05) is 13.1 Å². The Bertz CT molecular complexity index is 293. The third kappa shape index (κ3) is 1.59. The SMILES string of the molecule is CCCNc1[nH]cc(C)c1C#N. The van der Waals surface area contributed by atoms with Gasteiger partial charge in [0.1, 0.15) is 11.9 Å². The minimum Gasteiger partial charge on any atom is -0.371 e. The van der Waals surface area contributed by atoms with Gasteiger partial charge in [0.15, 0.2) is 0 Å². The average Bonchev–Trinajstić information content (AvgIpc) is 2.43. The van der Waals surface area contributed by atoms with Gasteiger partial charge >= 0.3 is 0 Å². The van der Waals surface area contributed by atoms with Crippen LogP contribution < -0.4 is 5.32 Å². The van der Waals surface area contributed by atoms with Gasteiger partial charge in [-0.05, 0) is 18.9 Å². The van der Waals surface area contributed by atoms with Gasteiger partial charge in [0, 0.05) is 12.7 Å². The van der Waals surface area contributed by atoms with Gasteiger partial charge in [0.25, 0.3) is 0 Å². The predicted molar refractivity (Wildman–Crippen MR) is 49.0 cm³/mol. The maximum atomic E-state index is 8.78. The molecule has 0 bridgehead atoms. The molecule has 0 aliphatic carbocycles. The molecule has 12 heavy (non-hydrogen) atoms. The van der Waals surface area contributed by atoms with Crippen LogP contribution >= 0.6 is 0 Å². The van der Waals surface area contributed by atoms with Crippen LogP contribution in [0.4, 0.5) is 5.82 Å². The Labute approximate surface area is 72.4 Å². The van der Waals surface area contributed by atoms with Crippen molar-refractivity contribution in [3.05, 3.63) is 17.3 Å². The molecule has 3 nitrogen and oxygen atoms in total. The van der Waals surface area contributed by atoms with Crippen LogP contribution in [0.2, 0.25) is 0 Å². The first-order valence-electron chi connectivity index (χ1n) is 4.11. The molecule has 0 saturated carbocycles. The molecule has 2 N–H and O–H groups in total. The summed E-state index contributed by atoms with van der Waals surface area (Å²) in [6.07, 6.45) is 2.90. The Hall–Kier alpha value is -1.43. The minimum absolute atomic E-state index is 0.725. The highest BCUT2D eigenvalue weighted by Gasteiger charge is 2.05. The number of hydrogen-bond donors (Lipinski definition) is 2. The monoisotopic (exact) mass is 163 g/mol. The molecule has 1 aromatic rings. The van der Waals surface area contributed by atoms with Gasteiger partial charge in [0.2, 0.25) is 0 Å². The van der Waals surface area contributed by atoms with Crippen LogP contribution in [-0.4, -0.2) is 11.5 Å². The molecule has 1 rings (SSSR count). The molecule has 0 aliphatic rings. The maximum absolute atomic E-state index is 8.78. The van der Waals surface area contributed by atoms with E-state index < -0.39 is 0 Å². The summed E-state index contributed by atoms with van der Waals surface area (Å²) in [6, 6.07) is 2.16. The van der Waals surface area contributed by atoms with Crippen molar-refractivity contribution in [3.63, 3.8) is 0 Å². The Morgan fingerprint density at radius 3 is 3.00 bits per heavy atom. The quantitative estimate of drug-likeness (QED) is 0.716. The third-order valence-electron chi connectivity index (χ3n) is 1.74. The molecule has 0 aromatic carbocycles. The van der Waals surface area contributed by atoms with Crippen molar-refractivity contribution < 1.29 is 0 Å². The molecule has 3 heteroatoms. The molecular formula is C9H13N3. The van der Waals surface area contributed by atoms with Gasteiger partial charge in [-0.3, -0.25) is 0 Å². The zero-order chi connectivity index (χ0) is 8.97. The van der Waals surface area contributed by atoms with E-state index in [-0.39, 0.29) is 0 Å². The van der Waals surface area contributed by atoms with Gasteiger partial charge in [-0.1, -0.05) is 6.92 Å². The Morgan fingerprint density at radius 2 is 2.42 bits per heavy atom. The number of nitrogens with one attached hydrogen (secondary N) is 2. The lowest BCUT2D eigenvalue weighted by molar-refractivity contribution is 0.971. The highest BCUT2D eigenvalue weighted by molar-refractivity contribution is 5.56. The van der Waals surface area contributed by atoms with E-state index in [2.05, 4.69) is 23.3 Å². The highest BCUT2D eigenvalue weighted by atomic mass is 15.0. The summed E-state index contributed by atoms with van der Waals surface area (Å²) in [6.45, 7) is 4.91. The molecule has 0 unspecified atom stereocenters. The molecule has 0 spiro atoms. The Balaban J connectivity index is 2.79. The smallest absolute Gasteiger partial charge is 0.121 e. The van der Waals surface area contributed by atoms with E-state index in [4.69, 9.17) is 5.26 Å². The summed E-state index contributed by atoms with van der Waals surface area (Å²) in [5.74, 6) is 0.844. The van der Waals surface area contributed by atoms with Crippen molar-refractivity contribution in [2.75, 3.05) is 11.9 Å². The predicted octanol–water partition coefficient (Wildman–Crippen LogP) is 2.02. The molecule has 0 aliphatic heterocycles. The molecule has 1 aromatic heterocycles. The van der Waals surface area contributed by atoms with Crippen LogP contribution in [0.3, 0.4) is 0 Å². The lowest BCUT2D eigenvalue weighted by atomic mass is 10.2. The number of aromatic amines is 1. The molecule has 0 saturated heterocycles. The van der Waals surface area contributed by atoms with Gasteiger partial charge < -0.3 is 10.3 Å². The third-order valence-corrected chi connectivity index (χ3v) is 1.74. The van der Waals surface area contributed by atoms with E-state index in [9.17, 15) is 0 Å². The number of aromatic nitrogens is 1. The number of rotatable bonds is 3. The number of H-pyrrole nitrogens is 1. The van der Waals surface area contributed by atoms with Crippen LogP contribution in [0, 0.1) is 18.3 Å². The summed E-state index contributed by atoms with van der Waals surface area (Å²) in [7, 11) is 0. The van der Waals surface area contributed by atoms with Crippen LogP contribution in [-0.2, 0) is 0 Å². The van der Waals surface area contributed by atoms with Crippen molar-refractivity contribution in [1.82, 2.24) is 4.98 Å². The van der Waals surface area contributed by atoms with Crippen molar-refractivity contribution in [2.45, 2.75) is 20.3 Å². The normalized spacial score (nSPS) is 9.42. The van der Waals surface area contributed by atoms with E-state index in [0.717, 1.165) is 29.9 Å². The van der Waals surface area contributed by atoms with Crippen LogP contribution in [0.15, 0.2) is 6.20 Å². The second kappa shape index (κ2) is 3.82. The van der Waals surface area contributed by atoms with Gasteiger partial charge in [-0.15, -0.1) is 0 Å². The number of anilines is 1. The largest absolute Gasteiger partial charge is 0.371 e. The zero-order valence-corrected chi connectivity index (χ0v) is 7.44. The fourth-order valence-corrected chi connectivity index (χ4v) is 1.06. The van der Waals surface area contributed by atoms with Gasteiger partial charge in [-0.2, -0.15) is 5.26 Å². The number of hydrogen-bond acceptors (Lipinski definition) is 2. The zero-order valence-electron chi connectivity index (χ0n) is 7.44. The number of aryl methyl sites for hydroxylation is 1. The first-order chi connectivity index (χ1) is 5.79. The van der Waals surface area contributed by atoms with Crippen LogP contribution in [0.5, 0.6) is 0 Å². The molecule has 0 amide bonds. The van der Waals surface area contributed by atoms with E-state index in [0.29, 0.717) is 0 Å². The summed E-state index contributed by atoms with van der Waals surface area (Å²) < 4.78 is 0. The number of nitrogens with zero attached hydrogens (tertiary/aromatic N) is 1. The fourth-order valence-electron chi connectivity index (χ4n) is 1.06. The Kier molecular flexibility index (Phi) is 2.76. The Morgan fingerprint density at radius 1 is 1.67 bits per heavy atom. The molecule has 0 radical (unpaired) electrons. The van der Waals surface area contributed by atoms with Gasteiger partial charge in [-0.25, -0.2) is 0 Å². The van der Waals surface area contributed by atoms with E-state index in [1.165, 1.54) is 0 Å². The van der Waals surface area contributed by atoms with Crippen LogP contribution in [0.1, 0.15) is 24.5 Å². The van der Waals surface area contributed by atoms with Crippen LogP contribution in [0.25, 0.3) is 0 Å². The van der Waals surface area contributed by atoms with E-state index in [1.54, 1.807) is 0 Å². The minimum atomic E-state index is 0.725. The van der Waals surface area contributed by atoms with Gasteiger partial charge in [0.05, 0.1) is 5.56 Å². The molecule has 0 fully saturated rings. The number of nitriles is 1. The topological polar surface area (TPSA) is 51.6 Å². The summed E-state index contributed by atoms with van der Waals surface area (Å²) in [5, 5.41) is 11.9. The van der Waals surface area contributed by atoms with Crippen molar-refractivity contribution in [3.8, 4) is 6.07 Å². The first-order valence-corrected chi connectivity index (χ1v) is 4.11. The molecule has 1 heterocycles. The standard InChI is InChI=1S/C9H13N3/c1-3-4-11-9-8(5-10)7(2)6-12-9/h6,11-12H,3-4H2,1-2H3. The summed E-state index contributed by atoms with van der Waals surface area (Å²) in [5.41, 5.74) is 1.72. The molecular weight excluding hydrogens is 150 g/mol. The summed E-state index contributed by atoms with van der Waals surface area (Å²) in [4.78, 5) is 3.03. The fraction of sp³-hybridized carbons (Fsp3) is 0.444. The second-order valence-corrected chi connectivity index (χ2v) is 2.76. The lowest BCUT2D eigenvalue weighted by Gasteiger charge is -2.00. The highest BCUT2D eigenvalue weighted by Crippen LogP contribution is 2.16. The maximum Gasteiger partial charge on any atom is 0.121 e. The van der Waals surface area contributed by atoms with Crippen molar-refractivity contribution in [2.24, 2.45) is 0 Å². The van der Waals surface area contributed by atoms with Crippen molar-refractivity contribution in [1.29, 1.82) is 5.26 Å². The lowest BCUT2D eigenvalue weighted by Crippen LogP contribution is -2.01. The van der Waals surface area contributed by atoms with Crippen molar-refractivity contribution >= 4 is 5.82 Å². The average molecular weight is 163 g/mol. The second-order valence-electron chi connectivity index (χ2n) is 2.76. The first kappa shape index (κ1) is 8.66.